The molecule has 2 fully saturated rings. The molecule has 1 amide bonds. The molecule has 4 atom stereocenters. The largest absolute Gasteiger partial charge is 0.481 e. The molecule has 0 aromatic heterocycles. The molecule has 5 heteroatoms. The van der Waals surface area contributed by atoms with Gasteiger partial charge in [0.2, 0.25) is 5.91 Å². The van der Waals surface area contributed by atoms with Crippen LogP contribution in [0.15, 0.2) is 0 Å². The average molecular weight is 283 g/mol. The molecule has 0 aliphatic heterocycles. The molecule has 20 heavy (non-hydrogen) atoms. The summed E-state index contributed by atoms with van der Waals surface area (Å²) in [5.41, 5.74) is 0. The summed E-state index contributed by atoms with van der Waals surface area (Å²) < 4.78 is 0. The highest BCUT2D eigenvalue weighted by molar-refractivity contribution is 5.85. The molecule has 2 rings (SSSR count). The Morgan fingerprint density at radius 1 is 0.850 bits per heavy atom. The van der Waals surface area contributed by atoms with E-state index in [0.29, 0.717) is 12.8 Å². The standard InChI is InChI=1S/C15H25NO4/c17-13-9-3-1-2-8-12(13)16-14(18)10-6-4-5-7-11(10)15(19)20/h10-13,17H,1-9H2,(H,16,18)(H,19,20). The van der Waals surface area contributed by atoms with Crippen molar-refractivity contribution >= 4 is 11.9 Å². The Morgan fingerprint density at radius 3 is 2.15 bits per heavy atom. The second kappa shape index (κ2) is 7.07. The second-order valence-electron chi connectivity index (χ2n) is 6.16. The highest BCUT2D eigenvalue weighted by Crippen LogP contribution is 2.31. The number of carbonyl (C=O) groups excluding carboxylic acids is 1. The first-order valence-corrected chi connectivity index (χ1v) is 7.81. The molecule has 0 bridgehead atoms. The molecule has 2 aliphatic rings. The zero-order chi connectivity index (χ0) is 14.5. The third kappa shape index (κ3) is 3.72. The van der Waals surface area contributed by atoms with E-state index in [2.05, 4.69) is 5.32 Å². The third-order valence-electron chi connectivity index (χ3n) is 4.73. The number of carboxylic acid groups (broad SMARTS) is 1. The summed E-state index contributed by atoms with van der Waals surface area (Å²) in [6, 6.07) is -0.207. The van der Waals surface area contributed by atoms with Crippen molar-refractivity contribution in [3.05, 3.63) is 0 Å². The van der Waals surface area contributed by atoms with E-state index in [1.165, 1.54) is 0 Å². The van der Waals surface area contributed by atoms with Gasteiger partial charge in [0.05, 0.1) is 24.0 Å². The number of rotatable bonds is 3. The first-order valence-electron chi connectivity index (χ1n) is 7.81. The molecule has 0 radical (unpaired) electrons. The van der Waals surface area contributed by atoms with Crippen LogP contribution < -0.4 is 5.32 Å². The maximum atomic E-state index is 12.4. The highest BCUT2D eigenvalue weighted by Gasteiger charge is 2.37. The van der Waals surface area contributed by atoms with Crippen LogP contribution in [0.2, 0.25) is 0 Å². The molecule has 5 nitrogen and oxygen atoms in total. The second-order valence-corrected chi connectivity index (χ2v) is 6.16. The van der Waals surface area contributed by atoms with E-state index in [0.717, 1.165) is 44.9 Å². The van der Waals surface area contributed by atoms with E-state index >= 15 is 0 Å². The summed E-state index contributed by atoms with van der Waals surface area (Å²) in [7, 11) is 0. The fraction of sp³-hybridized carbons (Fsp3) is 0.867. The van der Waals surface area contributed by atoms with Crippen LogP contribution in [0.1, 0.15) is 57.8 Å². The van der Waals surface area contributed by atoms with Gasteiger partial charge in [0.25, 0.3) is 0 Å². The molecule has 0 spiro atoms. The van der Waals surface area contributed by atoms with E-state index in [-0.39, 0.29) is 11.9 Å². The molecular formula is C15H25NO4. The first kappa shape index (κ1) is 15.3. The Kier molecular flexibility index (Phi) is 5.40. The predicted molar refractivity (Wildman–Crippen MR) is 74.1 cm³/mol. The minimum Gasteiger partial charge on any atom is -0.481 e. The summed E-state index contributed by atoms with van der Waals surface area (Å²) in [5, 5.41) is 22.2. The van der Waals surface area contributed by atoms with Crippen LogP contribution in [0.25, 0.3) is 0 Å². The molecule has 3 N–H and O–H groups in total. The lowest BCUT2D eigenvalue weighted by molar-refractivity contribution is -0.149. The molecule has 2 aliphatic carbocycles. The van der Waals surface area contributed by atoms with Crippen molar-refractivity contribution < 1.29 is 19.8 Å². The topological polar surface area (TPSA) is 86.6 Å². The van der Waals surface area contributed by atoms with Gasteiger partial charge in [-0.2, -0.15) is 0 Å². The molecule has 2 saturated carbocycles. The minimum absolute atomic E-state index is 0.178. The quantitative estimate of drug-likeness (QED) is 0.688. The number of aliphatic hydroxyl groups is 1. The van der Waals surface area contributed by atoms with Crippen LogP contribution >= 0.6 is 0 Å². The Bertz CT molecular complexity index is 358. The average Bonchev–Trinajstić information content (AvgIpc) is 2.64. The Hall–Kier alpha value is -1.10. The monoisotopic (exact) mass is 283 g/mol. The Balaban J connectivity index is 1.96. The van der Waals surface area contributed by atoms with E-state index < -0.39 is 23.9 Å². The van der Waals surface area contributed by atoms with Crippen LogP contribution in [-0.2, 0) is 9.59 Å². The van der Waals surface area contributed by atoms with E-state index in [1.54, 1.807) is 0 Å². The van der Waals surface area contributed by atoms with Gasteiger partial charge in [-0.05, 0) is 25.7 Å². The number of nitrogens with one attached hydrogen (secondary N) is 1. The van der Waals surface area contributed by atoms with Crippen LogP contribution in [0.3, 0.4) is 0 Å². The summed E-state index contributed by atoms with van der Waals surface area (Å²) in [6.07, 6.45) is 7.13. The Morgan fingerprint density at radius 2 is 1.45 bits per heavy atom. The van der Waals surface area contributed by atoms with Gasteiger partial charge < -0.3 is 15.5 Å². The molecule has 0 heterocycles. The summed E-state index contributed by atoms with van der Waals surface area (Å²) >= 11 is 0. The van der Waals surface area contributed by atoms with Crippen molar-refractivity contribution in [2.24, 2.45) is 11.8 Å². The van der Waals surface area contributed by atoms with Gasteiger partial charge in [0.1, 0.15) is 0 Å². The van der Waals surface area contributed by atoms with E-state index in [1.807, 2.05) is 0 Å². The van der Waals surface area contributed by atoms with E-state index in [9.17, 15) is 19.8 Å². The zero-order valence-corrected chi connectivity index (χ0v) is 11.9. The van der Waals surface area contributed by atoms with Gasteiger partial charge in [-0.15, -0.1) is 0 Å². The van der Waals surface area contributed by atoms with Crippen LogP contribution in [0.4, 0.5) is 0 Å². The third-order valence-corrected chi connectivity index (χ3v) is 4.73. The van der Waals surface area contributed by atoms with Crippen molar-refractivity contribution in [1.82, 2.24) is 5.32 Å². The van der Waals surface area contributed by atoms with E-state index in [4.69, 9.17) is 0 Å². The number of carbonyl (C=O) groups is 2. The van der Waals surface area contributed by atoms with Crippen molar-refractivity contribution in [3.8, 4) is 0 Å². The van der Waals surface area contributed by atoms with Gasteiger partial charge in [-0.1, -0.05) is 32.1 Å². The number of amides is 1. The molecular weight excluding hydrogens is 258 g/mol. The highest BCUT2D eigenvalue weighted by atomic mass is 16.4. The van der Waals surface area contributed by atoms with Gasteiger partial charge in [-0.25, -0.2) is 0 Å². The molecule has 4 unspecified atom stereocenters. The van der Waals surface area contributed by atoms with Crippen LogP contribution in [0, 0.1) is 11.8 Å². The summed E-state index contributed by atoms with van der Waals surface area (Å²) in [5.74, 6) is -2.04. The number of aliphatic carboxylic acids is 1. The molecule has 0 saturated heterocycles. The first-order chi connectivity index (χ1) is 9.59. The smallest absolute Gasteiger partial charge is 0.307 e. The molecule has 0 aromatic carbocycles. The fourth-order valence-electron chi connectivity index (χ4n) is 3.49. The normalized spacial score (nSPS) is 35.0. The lowest BCUT2D eigenvalue weighted by Crippen LogP contribution is -2.48. The maximum Gasteiger partial charge on any atom is 0.307 e. The van der Waals surface area contributed by atoms with Crippen molar-refractivity contribution in [3.63, 3.8) is 0 Å². The van der Waals surface area contributed by atoms with Crippen molar-refractivity contribution in [1.29, 1.82) is 0 Å². The van der Waals surface area contributed by atoms with Gasteiger partial charge >= 0.3 is 5.97 Å². The molecule has 114 valence electrons. The SMILES string of the molecule is O=C(O)C1CCCCC1C(=O)NC1CCCCCC1O. The van der Waals surface area contributed by atoms with Gasteiger partial charge in [0, 0.05) is 0 Å². The maximum absolute atomic E-state index is 12.4. The Labute approximate surface area is 119 Å². The number of carboxylic acids is 1. The van der Waals surface area contributed by atoms with Crippen LogP contribution in [0.5, 0.6) is 0 Å². The number of aliphatic hydroxyl groups excluding tert-OH is 1. The summed E-state index contributed by atoms with van der Waals surface area (Å²) in [6.45, 7) is 0. The van der Waals surface area contributed by atoms with Crippen LogP contribution in [-0.4, -0.2) is 34.2 Å². The van der Waals surface area contributed by atoms with Gasteiger partial charge in [0.15, 0.2) is 0 Å². The van der Waals surface area contributed by atoms with Crippen molar-refractivity contribution in [2.45, 2.75) is 69.9 Å². The lowest BCUT2D eigenvalue weighted by Gasteiger charge is -2.30. The fourth-order valence-corrected chi connectivity index (χ4v) is 3.49. The predicted octanol–water partition coefficient (Wildman–Crippen LogP) is 1.69. The summed E-state index contributed by atoms with van der Waals surface area (Å²) in [4.78, 5) is 23.6. The lowest BCUT2D eigenvalue weighted by atomic mass is 9.78. The van der Waals surface area contributed by atoms with Crippen molar-refractivity contribution in [2.75, 3.05) is 0 Å². The number of hydrogen-bond acceptors (Lipinski definition) is 3. The number of hydrogen-bond donors (Lipinski definition) is 3. The van der Waals surface area contributed by atoms with Gasteiger partial charge in [-0.3, -0.25) is 9.59 Å². The zero-order valence-electron chi connectivity index (χ0n) is 11.9. The minimum atomic E-state index is -0.869. The molecule has 0 aromatic rings.